The molecule has 1 fully saturated rings. The van der Waals surface area contributed by atoms with Gasteiger partial charge in [-0.05, 0) is 26.2 Å². The Morgan fingerprint density at radius 1 is 1.47 bits per heavy atom. The molecule has 0 radical (unpaired) electrons. The number of hydrogen-bond donors (Lipinski definition) is 3. The van der Waals surface area contributed by atoms with Gasteiger partial charge in [0.15, 0.2) is 0 Å². The van der Waals surface area contributed by atoms with E-state index in [9.17, 15) is 9.59 Å². The van der Waals surface area contributed by atoms with Crippen LogP contribution in [0.15, 0.2) is 0 Å². The molecule has 15 heavy (non-hydrogen) atoms. The van der Waals surface area contributed by atoms with Crippen LogP contribution >= 0.6 is 12.6 Å². The molecule has 1 rings (SSSR count). The predicted molar refractivity (Wildman–Crippen MR) is 61.9 cm³/mol. The lowest BCUT2D eigenvalue weighted by Gasteiger charge is -2.40. The number of carbonyl (C=O) groups excluding carboxylic acids is 2. The molecule has 5 heteroatoms. The summed E-state index contributed by atoms with van der Waals surface area (Å²) in [7, 11) is 0. The molecule has 86 valence electrons. The van der Waals surface area contributed by atoms with Gasteiger partial charge in [-0.25, -0.2) is 0 Å². The summed E-state index contributed by atoms with van der Waals surface area (Å²) in [5.41, 5.74) is -0.0727. The minimum absolute atomic E-state index is 0.0727. The zero-order chi connectivity index (χ0) is 11.5. The molecular weight excluding hydrogens is 212 g/mol. The predicted octanol–water partition coefficient (Wildman–Crippen LogP) is 0.480. The Hall–Kier alpha value is -0.710. The molecule has 0 aromatic heterocycles. The van der Waals surface area contributed by atoms with Crippen molar-refractivity contribution in [2.45, 2.75) is 44.7 Å². The first kappa shape index (κ1) is 12.4. The van der Waals surface area contributed by atoms with Crippen molar-refractivity contribution in [3.05, 3.63) is 0 Å². The second-order valence-corrected chi connectivity index (χ2v) is 4.70. The van der Waals surface area contributed by atoms with E-state index in [-0.39, 0.29) is 17.4 Å². The minimum Gasteiger partial charge on any atom is -0.349 e. The molecule has 1 saturated carbocycles. The summed E-state index contributed by atoms with van der Waals surface area (Å²) in [6, 6.07) is -0.525. The Kier molecular flexibility index (Phi) is 4.02. The summed E-state index contributed by atoms with van der Waals surface area (Å²) >= 11 is 4.05. The Morgan fingerprint density at radius 2 is 2.07 bits per heavy atom. The van der Waals surface area contributed by atoms with Gasteiger partial charge < -0.3 is 10.6 Å². The van der Waals surface area contributed by atoms with Crippen LogP contribution in [0, 0.1) is 0 Å². The maximum absolute atomic E-state index is 11.7. The number of nitrogens with one attached hydrogen (secondary N) is 2. The maximum atomic E-state index is 11.7. The van der Waals surface area contributed by atoms with E-state index in [2.05, 4.69) is 23.3 Å². The number of amides is 2. The van der Waals surface area contributed by atoms with E-state index in [1.165, 1.54) is 6.92 Å². The summed E-state index contributed by atoms with van der Waals surface area (Å²) < 4.78 is 0. The van der Waals surface area contributed by atoms with Crippen molar-refractivity contribution in [2.24, 2.45) is 0 Å². The van der Waals surface area contributed by atoms with Crippen molar-refractivity contribution in [1.82, 2.24) is 10.6 Å². The Morgan fingerprint density at radius 3 is 2.40 bits per heavy atom. The van der Waals surface area contributed by atoms with Crippen LogP contribution in [0.25, 0.3) is 0 Å². The van der Waals surface area contributed by atoms with Gasteiger partial charge in [-0.3, -0.25) is 9.59 Å². The molecule has 1 unspecified atom stereocenters. The van der Waals surface area contributed by atoms with Crippen molar-refractivity contribution in [3.63, 3.8) is 0 Å². The van der Waals surface area contributed by atoms with Crippen molar-refractivity contribution < 1.29 is 9.59 Å². The average molecular weight is 230 g/mol. The molecule has 1 atom stereocenters. The highest BCUT2D eigenvalue weighted by molar-refractivity contribution is 7.80. The molecule has 1 aliphatic carbocycles. The van der Waals surface area contributed by atoms with Gasteiger partial charge >= 0.3 is 0 Å². The first-order chi connectivity index (χ1) is 6.97. The summed E-state index contributed by atoms with van der Waals surface area (Å²) in [6.45, 7) is 3.42. The van der Waals surface area contributed by atoms with Crippen LogP contribution in [-0.2, 0) is 9.59 Å². The normalized spacial score (nSPS) is 19.9. The highest BCUT2D eigenvalue weighted by atomic mass is 32.1. The summed E-state index contributed by atoms with van der Waals surface area (Å²) in [4.78, 5) is 22.6. The minimum atomic E-state index is -0.525. The van der Waals surface area contributed by atoms with Crippen LogP contribution in [0.1, 0.15) is 33.1 Å². The lowest BCUT2D eigenvalue weighted by atomic mass is 9.78. The Labute approximate surface area is 95.6 Å². The van der Waals surface area contributed by atoms with Crippen LogP contribution in [0.5, 0.6) is 0 Å². The first-order valence-corrected chi connectivity index (χ1v) is 5.80. The van der Waals surface area contributed by atoms with E-state index in [0.717, 1.165) is 19.3 Å². The Balaban J connectivity index is 2.45. The molecule has 0 aliphatic heterocycles. The van der Waals surface area contributed by atoms with E-state index in [1.54, 1.807) is 0 Å². The summed E-state index contributed by atoms with van der Waals surface area (Å²) in [5, 5.41) is 5.52. The maximum Gasteiger partial charge on any atom is 0.243 e. The van der Waals surface area contributed by atoms with E-state index >= 15 is 0 Å². The quantitative estimate of drug-likeness (QED) is 0.615. The van der Waals surface area contributed by atoms with Gasteiger partial charge in [0.1, 0.15) is 6.04 Å². The van der Waals surface area contributed by atoms with Gasteiger partial charge in [0.05, 0.1) is 0 Å². The van der Waals surface area contributed by atoms with Gasteiger partial charge in [-0.15, -0.1) is 0 Å². The van der Waals surface area contributed by atoms with E-state index < -0.39 is 6.04 Å². The van der Waals surface area contributed by atoms with Gasteiger partial charge in [-0.2, -0.15) is 12.6 Å². The molecule has 2 amide bonds. The monoisotopic (exact) mass is 230 g/mol. The first-order valence-electron chi connectivity index (χ1n) is 5.17. The second kappa shape index (κ2) is 4.88. The van der Waals surface area contributed by atoms with E-state index in [0.29, 0.717) is 5.75 Å². The fraction of sp³-hybridized carbons (Fsp3) is 0.800. The number of carbonyl (C=O) groups is 2. The molecule has 0 saturated heterocycles. The van der Waals surface area contributed by atoms with Crippen molar-refractivity contribution in [1.29, 1.82) is 0 Å². The zero-order valence-electron chi connectivity index (χ0n) is 9.17. The van der Waals surface area contributed by atoms with Gasteiger partial charge in [0, 0.05) is 18.2 Å². The average Bonchev–Trinajstić information content (AvgIpc) is 2.11. The highest BCUT2D eigenvalue weighted by Gasteiger charge is 2.34. The van der Waals surface area contributed by atoms with E-state index in [1.807, 2.05) is 6.92 Å². The smallest absolute Gasteiger partial charge is 0.243 e. The topological polar surface area (TPSA) is 58.2 Å². The summed E-state index contributed by atoms with van der Waals surface area (Å²) in [6.07, 6.45) is 3.18. The molecule has 0 bridgehead atoms. The number of rotatable bonds is 4. The molecule has 2 N–H and O–H groups in total. The highest BCUT2D eigenvalue weighted by Crippen LogP contribution is 2.30. The van der Waals surface area contributed by atoms with Gasteiger partial charge in [0.25, 0.3) is 0 Å². The molecular formula is C10H18N2O2S. The third-order valence-corrected chi connectivity index (χ3v) is 3.12. The van der Waals surface area contributed by atoms with Crippen molar-refractivity contribution in [3.8, 4) is 0 Å². The van der Waals surface area contributed by atoms with Crippen LogP contribution < -0.4 is 10.6 Å². The standard InChI is InChI=1S/C10H18N2O2S/c1-7(13)11-8(6-15)9(14)12-10(2)4-3-5-10/h8,15H,3-6H2,1-2H3,(H,11,13)(H,12,14). The van der Waals surface area contributed by atoms with Crippen LogP contribution in [-0.4, -0.2) is 29.1 Å². The van der Waals surface area contributed by atoms with Crippen molar-refractivity contribution in [2.75, 3.05) is 5.75 Å². The van der Waals surface area contributed by atoms with E-state index in [4.69, 9.17) is 0 Å². The third kappa shape index (κ3) is 3.41. The molecule has 0 aromatic rings. The largest absolute Gasteiger partial charge is 0.349 e. The van der Waals surface area contributed by atoms with Crippen LogP contribution in [0.3, 0.4) is 0 Å². The molecule has 4 nitrogen and oxygen atoms in total. The lowest BCUT2D eigenvalue weighted by molar-refractivity contribution is -0.129. The third-order valence-electron chi connectivity index (χ3n) is 2.76. The number of hydrogen-bond acceptors (Lipinski definition) is 3. The fourth-order valence-electron chi connectivity index (χ4n) is 1.66. The van der Waals surface area contributed by atoms with Crippen LogP contribution in [0.4, 0.5) is 0 Å². The molecule has 0 spiro atoms. The Bertz CT molecular complexity index is 264. The molecule has 1 aliphatic rings. The van der Waals surface area contributed by atoms with Gasteiger partial charge in [-0.1, -0.05) is 0 Å². The summed E-state index contributed by atoms with van der Waals surface area (Å²) in [5.74, 6) is -0.0213. The van der Waals surface area contributed by atoms with Gasteiger partial charge in [0.2, 0.25) is 11.8 Å². The second-order valence-electron chi connectivity index (χ2n) is 4.34. The number of thiol groups is 1. The lowest BCUT2D eigenvalue weighted by Crippen LogP contribution is -2.57. The molecule has 0 aromatic carbocycles. The zero-order valence-corrected chi connectivity index (χ0v) is 10.1. The molecule has 0 heterocycles. The SMILES string of the molecule is CC(=O)NC(CS)C(=O)NC1(C)CCC1. The van der Waals surface area contributed by atoms with Crippen LogP contribution in [0.2, 0.25) is 0 Å². The fourth-order valence-corrected chi connectivity index (χ4v) is 1.91. The van der Waals surface area contributed by atoms with Crippen molar-refractivity contribution >= 4 is 24.4 Å².